The maximum atomic E-state index is 12.8. The van der Waals surface area contributed by atoms with Gasteiger partial charge in [-0.2, -0.15) is 5.10 Å². The fraction of sp³-hybridized carbons (Fsp3) is 0.368. The number of aryl methyl sites for hydroxylation is 2. The van der Waals surface area contributed by atoms with Crippen LogP contribution >= 0.6 is 0 Å². The van der Waals surface area contributed by atoms with E-state index in [0.717, 1.165) is 17.0 Å². The van der Waals surface area contributed by atoms with Gasteiger partial charge < -0.3 is 4.90 Å². The van der Waals surface area contributed by atoms with Crippen molar-refractivity contribution in [3.05, 3.63) is 58.4 Å². The highest BCUT2D eigenvalue weighted by molar-refractivity contribution is 8.00. The molecule has 0 radical (unpaired) electrons. The third-order valence-corrected chi connectivity index (χ3v) is 6.69. The molecule has 6 nitrogen and oxygen atoms in total. The molecule has 1 aliphatic heterocycles. The van der Waals surface area contributed by atoms with Crippen molar-refractivity contribution in [2.24, 2.45) is 7.05 Å². The van der Waals surface area contributed by atoms with Gasteiger partial charge in [0.15, 0.2) is 9.84 Å². The third kappa shape index (κ3) is 3.31. The first kappa shape index (κ1) is 18.4. The third-order valence-electron chi connectivity index (χ3n) is 4.85. The van der Waals surface area contributed by atoms with E-state index in [0.29, 0.717) is 29.0 Å². The Morgan fingerprint density at radius 1 is 1.31 bits per heavy atom. The average Bonchev–Trinajstić information content (AvgIpc) is 3.07. The summed E-state index contributed by atoms with van der Waals surface area (Å²) < 4.78 is 26.1. The van der Waals surface area contributed by atoms with Crippen LogP contribution in [0.2, 0.25) is 0 Å². The minimum atomic E-state index is -3.23. The van der Waals surface area contributed by atoms with Gasteiger partial charge in [0, 0.05) is 37.5 Å². The Morgan fingerprint density at radius 2 is 2.04 bits per heavy atom. The van der Waals surface area contributed by atoms with E-state index in [1.54, 1.807) is 47.0 Å². The summed E-state index contributed by atoms with van der Waals surface area (Å²) in [5, 5.41) is 4.38. The number of sulfone groups is 1. The summed E-state index contributed by atoms with van der Waals surface area (Å²) in [6.45, 7) is 4.36. The van der Waals surface area contributed by atoms with Crippen molar-refractivity contribution in [3.63, 3.8) is 0 Å². The van der Waals surface area contributed by atoms with Crippen LogP contribution in [0.5, 0.6) is 0 Å². The number of allylic oxidation sites excluding steroid dienone is 1. The molecule has 1 aromatic heterocycles. The van der Waals surface area contributed by atoms with E-state index < -0.39 is 9.84 Å². The first-order chi connectivity index (χ1) is 12.2. The van der Waals surface area contributed by atoms with Crippen LogP contribution in [0.3, 0.4) is 0 Å². The van der Waals surface area contributed by atoms with Gasteiger partial charge in [0.2, 0.25) is 0 Å². The molecule has 0 spiro atoms. The molecule has 2 aromatic rings. The van der Waals surface area contributed by atoms with Gasteiger partial charge in [-0.05, 0) is 38.0 Å². The Morgan fingerprint density at radius 3 is 2.62 bits per heavy atom. The van der Waals surface area contributed by atoms with Crippen LogP contribution in [0, 0.1) is 13.8 Å². The summed E-state index contributed by atoms with van der Waals surface area (Å²) in [6, 6.07) is 6.84. The Hall–Kier alpha value is -2.41. The smallest absolute Gasteiger partial charge is 0.253 e. The lowest BCUT2D eigenvalue weighted by Gasteiger charge is -2.18. The lowest BCUT2D eigenvalue weighted by Crippen LogP contribution is -2.26. The maximum absolute atomic E-state index is 12.8. The summed E-state index contributed by atoms with van der Waals surface area (Å²) in [7, 11) is 0.390. The highest BCUT2D eigenvalue weighted by Crippen LogP contribution is 2.29. The molecular formula is C19H23N3O3S. The van der Waals surface area contributed by atoms with Gasteiger partial charge in [-0.1, -0.05) is 18.2 Å². The second kappa shape index (κ2) is 6.72. The number of rotatable bonds is 4. The number of hydrogen-bond acceptors (Lipinski definition) is 4. The molecular weight excluding hydrogens is 350 g/mol. The number of carbonyl (C=O) groups is 1. The fourth-order valence-electron chi connectivity index (χ4n) is 3.26. The summed E-state index contributed by atoms with van der Waals surface area (Å²) in [5.41, 5.74) is 4.02. The first-order valence-corrected chi connectivity index (χ1v) is 10.1. The molecule has 1 aliphatic rings. The van der Waals surface area contributed by atoms with Crippen LogP contribution in [0.1, 0.15) is 39.3 Å². The molecule has 0 saturated heterocycles. The van der Waals surface area contributed by atoms with E-state index in [2.05, 4.69) is 5.10 Å². The van der Waals surface area contributed by atoms with E-state index in [9.17, 15) is 13.2 Å². The van der Waals surface area contributed by atoms with Gasteiger partial charge in [-0.3, -0.25) is 9.48 Å². The summed E-state index contributed by atoms with van der Waals surface area (Å²) in [6.07, 6.45) is 2.25. The number of carbonyl (C=O) groups excluding carboxylic acids is 1. The lowest BCUT2D eigenvalue weighted by molar-refractivity contribution is 0.0784. The van der Waals surface area contributed by atoms with Crippen molar-refractivity contribution < 1.29 is 13.2 Å². The van der Waals surface area contributed by atoms with E-state index in [4.69, 9.17) is 0 Å². The van der Waals surface area contributed by atoms with E-state index in [1.807, 2.05) is 20.9 Å². The van der Waals surface area contributed by atoms with Crippen LogP contribution in [-0.4, -0.2) is 41.8 Å². The van der Waals surface area contributed by atoms with E-state index in [-0.39, 0.29) is 11.7 Å². The number of benzene rings is 1. The van der Waals surface area contributed by atoms with Crippen molar-refractivity contribution in [3.8, 4) is 0 Å². The second-order valence-electron chi connectivity index (χ2n) is 6.69. The molecule has 0 unspecified atom stereocenters. The Balaban J connectivity index is 1.85. The molecule has 0 N–H and O–H groups in total. The lowest BCUT2D eigenvalue weighted by atomic mass is 10.1. The normalized spacial score (nSPS) is 15.8. The standard InChI is InChI=1S/C19H23N3O3S/c1-13-17(14(2)22(4)20-13)12-21(3)19(23)16-8-5-7-15(11-16)18-9-6-10-26(18,24)25/h5,7-9,11H,6,10,12H2,1-4H3. The van der Waals surface area contributed by atoms with Crippen LogP contribution in [-0.2, 0) is 23.4 Å². The highest BCUT2D eigenvalue weighted by Gasteiger charge is 2.25. The van der Waals surface area contributed by atoms with Crippen LogP contribution in [0.25, 0.3) is 4.91 Å². The highest BCUT2D eigenvalue weighted by atomic mass is 32.2. The largest absolute Gasteiger partial charge is 0.337 e. The molecule has 138 valence electrons. The zero-order chi connectivity index (χ0) is 19.1. The van der Waals surface area contributed by atoms with Crippen molar-refractivity contribution in [1.82, 2.24) is 14.7 Å². The molecule has 2 heterocycles. The van der Waals surface area contributed by atoms with Gasteiger partial charge in [0.25, 0.3) is 5.91 Å². The first-order valence-electron chi connectivity index (χ1n) is 8.48. The minimum absolute atomic E-state index is 0.139. The Kier molecular flexibility index (Phi) is 4.75. The predicted molar refractivity (Wildman–Crippen MR) is 101 cm³/mol. The zero-order valence-electron chi connectivity index (χ0n) is 15.5. The monoisotopic (exact) mass is 373 g/mol. The van der Waals surface area contributed by atoms with Gasteiger partial charge >= 0.3 is 0 Å². The molecule has 0 bridgehead atoms. The SMILES string of the molecule is Cc1nn(C)c(C)c1CN(C)C(=O)c1cccc(C2=CCCS2(=O)=O)c1. The predicted octanol–water partition coefficient (Wildman–Crippen LogP) is 2.47. The number of hydrogen-bond donors (Lipinski definition) is 0. The molecule has 26 heavy (non-hydrogen) atoms. The van der Waals surface area contributed by atoms with Gasteiger partial charge in [-0.15, -0.1) is 0 Å². The molecule has 0 fully saturated rings. The van der Waals surface area contributed by atoms with Crippen LogP contribution < -0.4 is 0 Å². The minimum Gasteiger partial charge on any atom is -0.337 e. The summed E-state index contributed by atoms with van der Waals surface area (Å²) >= 11 is 0. The zero-order valence-corrected chi connectivity index (χ0v) is 16.3. The molecule has 1 aromatic carbocycles. The summed E-state index contributed by atoms with van der Waals surface area (Å²) in [4.78, 5) is 14.8. The number of amides is 1. The fourth-order valence-corrected chi connectivity index (χ4v) is 4.77. The van der Waals surface area contributed by atoms with Crippen LogP contribution in [0.4, 0.5) is 0 Å². The van der Waals surface area contributed by atoms with Crippen molar-refractivity contribution in [1.29, 1.82) is 0 Å². The maximum Gasteiger partial charge on any atom is 0.253 e. The molecule has 3 rings (SSSR count). The van der Waals surface area contributed by atoms with Crippen molar-refractivity contribution in [2.75, 3.05) is 12.8 Å². The molecule has 0 saturated carbocycles. The van der Waals surface area contributed by atoms with Gasteiger partial charge in [0.05, 0.1) is 16.4 Å². The Bertz CT molecular complexity index is 1000. The van der Waals surface area contributed by atoms with Gasteiger partial charge in [0.1, 0.15) is 0 Å². The number of aromatic nitrogens is 2. The van der Waals surface area contributed by atoms with Crippen molar-refractivity contribution in [2.45, 2.75) is 26.8 Å². The molecule has 7 heteroatoms. The van der Waals surface area contributed by atoms with Crippen LogP contribution in [0.15, 0.2) is 30.3 Å². The van der Waals surface area contributed by atoms with Gasteiger partial charge in [-0.25, -0.2) is 8.42 Å². The number of nitrogens with zero attached hydrogens (tertiary/aromatic N) is 3. The molecule has 0 aliphatic carbocycles. The quantitative estimate of drug-likeness (QED) is 0.825. The van der Waals surface area contributed by atoms with E-state index in [1.165, 1.54) is 0 Å². The summed E-state index contributed by atoms with van der Waals surface area (Å²) in [5.74, 6) is -0.00883. The Labute approximate surface area is 154 Å². The second-order valence-corrected chi connectivity index (χ2v) is 8.77. The average molecular weight is 373 g/mol. The van der Waals surface area contributed by atoms with Crippen molar-refractivity contribution >= 4 is 20.6 Å². The molecule has 1 amide bonds. The van der Waals surface area contributed by atoms with E-state index >= 15 is 0 Å². The topological polar surface area (TPSA) is 72.3 Å². The molecule has 0 atom stereocenters.